The predicted molar refractivity (Wildman–Crippen MR) is 122 cm³/mol. The van der Waals surface area contributed by atoms with Gasteiger partial charge in [0.1, 0.15) is 18.1 Å². The van der Waals surface area contributed by atoms with Gasteiger partial charge >= 0.3 is 0 Å². The molecule has 4 N–H and O–H groups in total. The molecule has 1 aliphatic carbocycles. The fraction of sp³-hybridized carbons (Fsp3) is 0.480. The number of nitrogens with zero attached hydrogens (tertiary/aromatic N) is 1. The Morgan fingerprint density at radius 2 is 1.69 bits per heavy atom. The van der Waals surface area contributed by atoms with Gasteiger partial charge in [-0.15, -0.1) is 0 Å². The highest BCUT2D eigenvalue weighted by molar-refractivity contribution is 5.81. The van der Waals surface area contributed by atoms with Crippen LogP contribution in [0.5, 0.6) is 0 Å². The molecule has 3 saturated heterocycles. The molecule has 3 aliphatic heterocycles. The van der Waals surface area contributed by atoms with Gasteiger partial charge in [-0.3, -0.25) is 4.79 Å². The highest BCUT2D eigenvalue weighted by Gasteiger charge is 2.80. The average molecular weight is 488 g/mol. The number of likely N-dealkylation sites (tertiary alicyclic amines) is 1. The summed E-state index contributed by atoms with van der Waals surface area (Å²) in [5.74, 6) is -4.15. The van der Waals surface area contributed by atoms with Crippen molar-refractivity contribution in [2.75, 3.05) is 19.7 Å². The maximum atomic E-state index is 15.2. The van der Waals surface area contributed by atoms with Crippen molar-refractivity contribution >= 4 is 5.91 Å². The van der Waals surface area contributed by atoms with Crippen LogP contribution < -0.4 is 21.9 Å². The minimum atomic E-state index is -2.82. The highest BCUT2D eigenvalue weighted by Crippen LogP contribution is 2.75. The molecular formula is C25H28F3N5O2. The fourth-order valence-corrected chi connectivity index (χ4v) is 5.98. The molecule has 2 aromatic rings. The number of hydrogen-bond acceptors (Lipinski definition) is 6. The Morgan fingerprint density at radius 1 is 1.00 bits per heavy atom. The van der Waals surface area contributed by atoms with Gasteiger partial charge in [-0.1, -0.05) is 30.3 Å². The maximum Gasteiger partial charge on any atom is 0.262 e. The molecule has 4 fully saturated rings. The van der Waals surface area contributed by atoms with Crippen LogP contribution in [-0.2, 0) is 9.53 Å². The zero-order chi connectivity index (χ0) is 24.2. The highest BCUT2D eigenvalue weighted by atomic mass is 19.3. The lowest BCUT2D eigenvalue weighted by Crippen LogP contribution is -2.45. The van der Waals surface area contributed by atoms with E-state index < -0.39 is 23.4 Å². The number of alkyl halides is 2. The summed E-state index contributed by atoms with van der Waals surface area (Å²) in [6.45, 7) is 1.24. The third kappa shape index (κ3) is 3.75. The predicted octanol–water partition coefficient (Wildman–Crippen LogP) is 3.13. The molecule has 1 saturated carbocycles. The van der Waals surface area contributed by atoms with Gasteiger partial charge in [-0.2, -0.15) is 11.1 Å². The summed E-state index contributed by atoms with van der Waals surface area (Å²) in [5.41, 5.74) is 12.7. The lowest BCUT2D eigenvalue weighted by atomic mass is 9.87. The first-order valence-corrected chi connectivity index (χ1v) is 12.1. The van der Waals surface area contributed by atoms with Gasteiger partial charge < -0.3 is 9.64 Å². The number of carbonyl (C=O) groups excluding carboxylic acids is 1. The molecule has 2 aromatic carbocycles. The van der Waals surface area contributed by atoms with Crippen LogP contribution in [0.25, 0.3) is 11.1 Å². The number of hydrazine groups is 3. The van der Waals surface area contributed by atoms with Crippen molar-refractivity contribution in [2.24, 2.45) is 5.41 Å². The summed E-state index contributed by atoms with van der Waals surface area (Å²) in [6.07, 6.45) is 1.45. The van der Waals surface area contributed by atoms with Crippen LogP contribution >= 0.6 is 0 Å². The molecule has 0 unspecified atom stereocenters. The van der Waals surface area contributed by atoms with Crippen LogP contribution in [0.4, 0.5) is 13.2 Å². The molecule has 4 aliphatic rings. The lowest BCUT2D eigenvalue weighted by Gasteiger charge is -2.34. The number of nitrogens with one attached hydrogen (secondary N) is 4. The Morgan fingerprint density at radius 3 is 2.34 bits per heavy atom. The van der Waals surface area contributed by atoms with E-state index in [1.165, 1.54) is 6.07 Å². The van der Waals surface area contributed by atoms with Gasteiger partial charge in [0.15, 0.2) is 0 Å². The summed E-state index contributed by atoms with van der Waals surface area (Å²) in [5, 5.41) is 0. The first-order valence-electron chi connectivity index (χ1n) is 12.1. The second kappa shape index (κ2) is 8.56. The van der Waals surface area contributed by atoms with Gasteiger partial charge in [0.25, 0.3) is 11.8 Å². The van der Waals surface area contributed by atoms with Crippen molar-refractivity contribution in [3.05, 3.63) is 59.4 Å². The number of ether oxygens (including phenoxy) is 1. The number of hydrogen-bond donors (Lipinski definition) is 4. The van der Waals surface area contributed by atoms with Crippen LogP contribution in [0.15, 0.2) is 42.5 Å². The van der Waals surface area contributed by atoms with Gasteiger partial charge in [0.2, 0.25) is 0 Å². The van der Waals surface area contributed by atoms with Crippen LogP contribution in [0.2, 0.25) is 0 Å². The summed E-state index contributed by atoms with van der Waals surface area (Å²) >= 11 is 0. The summed E-state index contributed by atoms with van der Waals surface area (Å²) < 4.78 is 50.4. The van der Waals surface area contributed by atoms with E-state index in [0.29, 0.717) is 42.8 Å². The number of halogens is 3. The Bertz CT molecular complexity index is 1110. The molecule has 10 heteroatoms. The zero-order valence-corrected chi connectivity index (χ0v) is 19.1. The average Bonchev–Trinajstić information content (AvgIpc) is 3.43. The third-order valence-corrected chi connectivity index (χ3v) is 8.04. The summed E-state index contributed by atoms with van der Waals surface area (Å²) in [6, 6.07) is 11.6. The molecule has 186 valence electrons. The minimum Gasteiger partial charge on any atom is -0.368 e. The van der Waals surface area contributed by atoms with Crippen molar-refractivity contribution in [3.63, 3.8) is 0 Å². The molecule has 1 spiro atoms. The van der Waals surface area contributed by atoms with E-state index in [4.69, 9.17) is 4.74 Å². The largest absolute Gasteiger partial charge is 0.368 e. The molecule has 2 atom stereocenters. The second-order valence-corrected chi connectivity index (χ2v) is 9.87. The van der Waals surface area contributed by atoms with E-state index in [9.17, 15) is 9.18 Å². The van der Waals surface area contributed by atoms with Crippen molar-refractivity contribution in [1.29, 1.82) is 0 Å². The van der Waals surface area contributed by atoms with Gasteiger partial charge in [-0.25, -0.2) is 24.0 Å². The molecule has 0 aromatic heterocycles. The van der Waals surface area contributed by atoms with Crippen LogP contribution in [-0.4, -0.2) is 42.5 Å². The molecule has 1 amide bonds. The van der Waals surface area contributed by atoms with Crippen molar-refractivity contribution in [2.45, 2.75) is 49.8 Å². The van der Waals surface area contributed by atoms with E-state index in [0.717, 1.165) is 12.0 Å². The van der Waals surface area contributed by atoms with E-state index in [1.807, 2.05) is 0 Å². The second-order valence-electron chi connectivity index (χ2n) is 9.87. The monoisotopic (exact) mass is 487 g/mol. The third-order valence-electron chi connectivity index (χ3n) is 8.04. The zero-order valence-electron chi connectivity index (χ0n) is 19.1. The SMILES string of the molecule is O=C([C@H]1CCCO1)N1CCC2(CC1)[C@@H](c1ccc(-c3cc(C4NNNN4)ccc3F)cc1)C2(F)F. The summed E-state index contributed by atoms with van der Waals surface area (Å²) in [4.78, 5) is 14.3. The lowest BCUT2D eigenvalue weighted by molar-refractivity contribution is -0.143. The normalized spacial score (nSPS) is 27.5. The Hall–Kier alpha value is -2.50. The Labute approximate surface area is 201 Å². The van der Waals surface area contributed by atoms with Gasteiger partial charge in [0, 0.05) is 25.3 Å². The van der Waals surface area contributed by atoms with Crippen molar-refractivity contribution in [1.82, 2.24) is 26.8 Å². The number of amides is 1. The van der Waals surface area contributed by atoms with Crippen LogP contribution in [0, 0.1) is 11.2 Å². The van der Waals surface area contributed by atoms with E-state index >= 15 is 8.78 Å². The number of benzene rings is 2. The molecule has 0 radical (unpaired) electrons. The van der Waals surface area contributed by atoms with Crippen LogP contribution in [0.3, 0.4) is 0 Å². The minimum absolute atomic E-state index is 0.0685. The number of carbonyl (C=O) groups is 1. The van der Waals surface area contributed by atoms with Gasteiger partial charge in [-0.05, 0) is 54.5 Å². The van der Waals surface area contributed by atoms with Crippen molar-refractivity contribution < 1.29 is 22.7 Å². The molecule has 0 bridgehead atoms. The quantitative estimate of drug-likeness (QED) is 0.531. The number of rotatable bonds is 4. The Balaban J connectivity index is 1.17. The molecule has 7 nitrogen and oxygen atoms in total. The first-order chi connectivity index (χ1) is 16.9. The maximum absolute atomic E-state index is 15.2. The van der Waals surface area contributed by atoms with Crippen molar-refractivity contribution in [3.8, 4) is 11.1 Å². The van der Waals surface area contributed by atoms with Gasteiger partial charge in [0.05, 0.1) is 11.3 Å². The number of piperidine rings is 1. The molecule has 35 heavy (non-hydrogen) atoms. The van der Waals surface area contributed by atoms with E-state index in [2.05, 4.69) is 21.9 Å². The standard InChI is InChI=1S/C25H28F3N5O2/c26-19-8-7-17(22-29-31-32-30-22)14-18(19)15-3-5-16(6-4-15)21-24(25(21,27)28)9-11-33(12-10-24)23(34)20-2-1-13-35-20/h3-8,14,20-22,29-32H,1-2,9-13H2/t20-,21-/m1/s1. The first kappa shape index (κ1) is 22.9. The smallest absolute Gasteiger partial charge is 0.262 e. The molecule has 6 rings (SSSR count). The van der Waals surface area contributed by atoms with E-state index in [1.54, 1.807) is 41.3 Å². The van der Waals surface area contributed by atoms with Crippen LogP contribution in [0.1, 0.15) is 48.9 Å². The molecule has 3 heterocycles. The van der Waals surface area contributed by atoms with E-state index in [-0.39, 0.29) is 30.7 Å². The topological polar surface area (TPSA) is 77.7 Å². The Kier molecular flexibility index (Phi) is 5.61. The molecular weight excluding hydrogens is 459 g/mol. The summed E-state index contributed by atoms with van der Waals surface area (Å²) in [7, 11) is 0. The fourth-order valence-electron chi connectivity index (χ4n) is 5.98.